The maximum absolute atomic E-state index is 13.0. The van der Waals surface area contributed by atoms with Gasteiger partial charge in [0.1, 0.15) is 17.4 Å². The SMILES string of the molecule is CC1CCCCN1c1cnc2ccc(C(=O)Oc3ccc(F)cc3)cc2n1. The first-order chi connectivity index (χ1) is 13.1. The fourth-order valence-electron chi connectivity index (χ4n) is 3.37. The normalized spacial score (nSPS) is 17.1. The van der Waals surface area contributed by atoms with Crippen LogP contribution < -0.4 is 9.64 Å². The molecule has 1 fully saturated rings. The summed E-state index contributed by atoms with van der Waals surface area (Å²) < 4.78 is 18.3. The summed E-state index contributed by atoms with van der Waals surface area (Å²) in [6.45, 7) is 3.16. The number of carbonyl (C=O) groups excluding carboxylic acids is 1. The number of benzene rings is 2. The zero-order valence-corrected chi connectivity index (χ0v) is 15.1. The van der Waals surface area contributed by atoms with Gasteiger partial charge in [-0.2, -0.15) is 0 Å². The molecule has 0 bridgehead atoms. The van der Waals surface area contributed by atoms with Gasteiger partial charge in [-0.1, -0.05) is 0 Å². The Bertz CT molecular complexity index is 975. The third-order valence-corrected chi connectivity index (χ3v) is 4.89. The van der Waals surface area contributed by atoms with E-state index in [9.17, 15) is 9.18 Å². The van der Waals surface area contributed by atoms with E-state index in [-0.39, 0.29) is 5.82 Å². The second-order valence-electron chi connectivity index (χ2n) is 6.81. The molecule has 0 aliphatic carbocycles. The average molecular weight is 365 g/mol. The first-order valence-corrected chi connectivity index (χ1v) is 9.11. The standard InChI is InChI=1S/C21H20FN3O2/c1-14-4-2-3-11-25(14)20-13-23-18-10-5-15(12-19(18)24-20)21(26)27-17-8-6-16(22)7-9-17/h5-10,12-14H,2-4,11H2,1H3. The van der Waals surface area contributed by atoms with Crippen molar-refractivity contribution in [3.8, 4) is 5.75 Å². The number of aromatic nitrogens is 2. The summed E-state index contributed by atoms with van der Waals surface area (Å²) in [6, 6.07) is 10.9. The number of esters is 1. The molecule has 4 rings (SSSR count). The van der Waals surface area contributed by atoms with E-state index >= 15 is 0 Å². The maximum Gasteiger partial charge on any atom is 0.343 e. The molecule has 1 atom stereocenters. The third-order valence-electron chi connectivity index (χ3n) is 4.89. The number of halogens is 1. The van der Waals surface area contributed by atoms with Crippen LogP contribution in [0.4, 0.5) is 10.2 Å². The minimum atomic E-state index is -0.512. The van der Waals surface area contributed by atoms with Gasteiger partial charge in [-0.05, 0) is 68.7 Å². The number of rotatable bonds is 3. The Morgan fingerprint density at radius 3 is 2.74 bits per heavy atom. The van der Waals surface area contributed by atoms with Crippen molar-refractivity contribution in [3.05, 3.63) is 60.0 Å². The largest absolute Gasteiger partial charge is 0.423 e. The van der Waals surface area contributed by atoms with E-state index in [2.05, 4.69) is 16.8 Å². The van der Waals surface area contributed by atoms with Gasteiger partial charge in [0.15, 0.2) is 0 Å². The molecule has 3 aromatic rings. The fourth-order valence-corrected chi connectivity index (χ4v) is 3.37. The lowest BCUT2D eigenvalue weighted by Crippen LogP contribution is -2.38. The van der Waals surface area contributed by atoms with Crippen LogP contribution in [-0.4, -0.2) is 28.5 Å². The fraction of sp³-hybridized carbons (Fsp3) is 0.286. The molecule has 0 N–H and O–H groups in total. The zero-order chi connectivity index (χ0) is 18.8. The summed E-state index contributed by atoms with van der Waals surface area (Å²) in [4.78, 5) is 23.9. The molecule has 2 heterocycles. The first kappa shape index (κ1) is 17.4. The Kier molecular flexibility index (Phi) is 4.71. The van der Waals surface area contributed by atoms with Crippen molar-refractivity contribution in [2.75, 3.05) is 11.4 Å². The third kappa shape index (κ3) is 3.74. The average Bonchev–Trinajstić information content (AvgIpc) is 2.69. The van der Waals surface area contributed by atoms with Crippen LogP contribution in [0, 0.1) is 5.82 Å². The highest BCUT2D eigenvalue weighted by Crippen LogP contribution is 2.24. The van der Waals surface area contributed by atoms with E-state index < -0.39 is 5.97 Å². The summed E-state index contributed by atoms with van der Waals surface area (Å²) >= 11 is 0. The molecular weight excluding hydrogens is 345 g/mol. The number of anilines is 1. The second kappa shape index (κ2) is 7.31. The minimum absolute atomic E-state index is 0.295. The molecule has 1 unspecified atom stereocenters. The van der Waals surface area contributed by atoms with E-state index in [4.69, 9.17) is 9.72 Å². The Morgan fingerprint density at radius 1 is 1.15 bits per heavy atom. The van der Waals surface area contributed by atoms with Crippen molar-refractivity contribution in [3.63, 3.8) is 0 Å². The van der Waals surface area contributed by atoms with Crippen molar-refractivity contribution < 1.29 is 13.9 Å². The number of hydrogen-bond donors (Lipinski definition) is 0. The number of carbonyl (C=O) groups is 1. The van der Waals surface area contributed by atoms with Crippen LogP contribution in [0.25, 0.3) is 11.0 Å². The predicted molar refractivity (Wildman–Crippen MR) is 102 cm³/mol. The van der Waals surface area contributed by atoms with E-state index in [1.165, 1.54) is 30.7 Å². The highest BCUT2D eigenvalue weighted by molar-refractivity contribution is 5.94. The topological polar surface area (TPSA) is 55.3 Å². The van der Waals surface area contributed by atoms with Crippen LogP contribution in [0.15, 0.2) is 48.7 Å². The maximum atomic E-state index is 13.0. The van der Waals surface area contributed by atoms with Crippen molar-refractivity contribution in [1.82, 2.24) is 9.97 Å². The van der Waals surface area contributed by atoms with E-state index in [1.54, 1.807) is 24.4 Å². The van der Waals surface area contributed by atoms with Gasteiger partial charge in [-0.3, -0.25) is 4.98 Å². The summed E-state index contributed by atoms with van der Waals surface area (Å²) in [5, 5.41) is 0. The molecule has 1 aromatic heterocycles. The molecular formula is C21H20FN3O2. The van der Waals surface area contributed by atoms with E-state index in [0.717, 1.165) is 30.7 Å². The zero-order valence-electron chi connectivity index (χ0n) is 15.1. The quantitative estimate of drug-likeness (QED) is 0.510. The number of nitrogens with zero attached hydrogens (tertiary/aromatic N) is 3. The summed E-state index contributed by atoms with van der Waals surface area (Å²) in [5.74, 6) is 0.236. The summed E-state index contributed by atoms with van der Waals surface area (Å²) in [7, 11) is 0. The molecule has 1 aliphatic heterocycles. The number of fused-ring (bicyclic) bond motifs is 1. The van der Waals surface area contributed by atoms with Crippen LogP contribution in [-0.2, 0) is 0 Å². The van der Waals surface area contributed by atoms with Gasteiger partial charge in [-0.15, -0.1) is 0 Å². The van der Waals surface area contributed by atoms with Crippen LogP contribution in [0.1, 0.15) is 36.5 Å². The molecule has 5 nitrogen and oxygen atoms in total. The minimum Gasteiger partial charge on any atom is -0.423 e. The van der Waals surface area contributed by atoms with Crippen LogP contribution in [0.2, 0.25) is 0 Å². The second-order valence-corrected chi connectivity index (χ2v) is 6.81. The highest BCUT2D eigenvalue weighted by Gasteiger charge is 2.20. The lowest BCUT2D eigenvalue weighted by Gasteiger charge is -2.34. The monoisotopic (exact) mass is 365 g/mol. The predicted octanol–water partition coefficient (Wildman–Crippen LogP) is 4.37. The van der Waals surface area contributed by atoms with Crippen LogP contribution >= 0.6 is 0 Å². The molecule has 1 saturated heterocycles. The lowest BCUT2D eigenvalue weighted by molar-refractivity contribution is 0.0734. The number of hydrogen-bond acceptors (Lipinski definition) is 5. The lowest BCUT2D eigenvalue weighted by atomic mass is 10.0. The Labute approximate surface area is 156 Å². The molecule has 6 heteroatoms. The molecule has 0 spiro atoms. The summed E-state index contributed by atoms with van der Waals surface area (Å²) in [6.07, 6.45) is 5.32. The van der Waals surface area contributed by atoms with Crippen molar-refractivity contribution in [2.24, 2.45) is 0 Å². The van der Waals surface area contributed by atoms with Crippen LogP contribution in [0.3, 0.4) is 0 Å². The van der Waals surface area contributed by atoms with Crippen LogP contribution in [0.5, 0.6) is 5.75 Å². The molecule has 1 aliphatic rings. The summed E-state index contributed by atoms with van der Waals surface area (Å²) in [5.41, 5.74) is 1.76. The number of piperidine rings is 1. The molecule has 0 amide bonds. The van der Waals surface area contributed by atoms with E-state index in [1.807, 2.05) is 0 Å². The molecule has 138 valence electrons. The van der Waals surface area contributed by atoms with Gasteiger partial charge in [0.05, 0.1) is 22.8 Å². The van der Waals surface area contributed by atoms with Gasteiger partial charge in [0.25, 0.3) is 0 Å². The highest BCUT2D eigenvalue weighted by atomic mass is 19.1. The Balaban J connectivity index is 1.60. The van der Waals surface area contributed by atoms with Gasteiger partial charge < -0.3 is 9.64 Å². The van der Waals surface area contributed by atoms with E-state index in [0.29, 0.717) is 22.9 Å². The number of ether oxygens (including phenoxy) is 1. The Hall–Kier alpha value is -3.02. The van der Waals surface area contributed by atoms with Gasteiger partial charge in [-0.25, -0.2) is 14.2 Å². The molecule has 2 aromatic carbocycles. The smallest absolute Gasteiger partial charge is 0.343 e. The van der Waals surface area contributed by atoms with Crippen molar-refractivity contribution in [1.29, 1.82) is 0 Å². The molecule has 27 heavy (non-hydrogen) atoms. The van der Waals surface area contributed by atoms with Gasteiger partial charge in [0, 0.05) is 12.6 Å². The molecule has 0 saturated carbocycles. The van der Waals surface area contributed by atoms with Gasteiger partial charge in [0.2, 0.25) is 0 Å². The molecule has 0 radical (unpaired) electrons. The van der Waals surface area contributed by atoms with Crippen molar-refractivity contribution >= 4 is 22.8 Å². The Morgan fingerprint density at radius 2 is 1.96 bits per heavy atom. The first-order valence-electron chi connectivity index (χ1n) is 9.11. The van der Waals surface area contributed by atoms with Gasteiger partial charge >= 0.3 is 5.97 Å². The van der Waals surface area contributed by atoms with Crippen molar-refractivity contribution in [2.45, 2.75) is 32.2 Å².